The van der Waals surface area contributed by atoms with Crippen molar-refractivity contribution in [3.05, 3.63) is 29.6 Å². The summed E-state index contributed by atoms with van der Waals surface area (Å²) >= 11 is 0. The highest BCUT2D eigenvalue weighted by molar-refractivity contribution is 5.52. The molecule has 0 bridgehead atoms. The molecule has 1 N–H and O–H groups in total. The summed E-state index contributed by atoms with van der Waals surface area (Å²) in [5.41, 5.74) is 1.66. The molecule has 0 aromatic heterocycles. The summed E-state index contributed by atoms with van der Waals surface area (Å²) in [5, 5.41) is 3.27. The van der Waals surface area contributed by atoms with Crippen molar-refractivity contribution in [2.75, 3.05) is 5.32 Å². The Morgan fingerprint density at radius 1 is 1.43 bits per heavy atom. The molecule has 0 radical (unpaired) electrons. The molecule has 1 aromatic rings. The Morgan fingerprint density at radius 3 is 2.71 bits per heavy atom. The molecule has 0 spiro atoms. The monoisotopic (exact) mass is 193 g/mol. The second-order valence-electron chi connectivity index (χ2n) is 4.20. The second-order valence-corrected chi connectivity index (χ2v) is 4.20. The van der Waals surface area contributed by atoms with Gasteiger partial charge in [-0.25, -0.2) is 4.39 Å². The van der Waals surface area contributed by atoms with E-state index in [9.17, 15) is 4.39 Å². The smallest absolute Gasteiger partial charge is 0.146 e. The largest absolute Gasteiger partial charge is 0.380 e. The van der Waals surface area contributed by atoms with Crippen LogP contribution in [0.3, 0.4) is 0 Å². The molecule has 1 saturated carbocycles. The second kappa shape index (κ2) is 3.60. The van der Waals surface area contributed by atoms with Crippen LogP contribution in [-0.4, -0.2) is 6.04 Å². The number of halogens is 1. The molecule has 76 valence electrons. The van der Waals surface area contributed by atoms with Crippen molar-refractivity contribution >= 4 is 5.69 Å². The van der Waals surface area contributed by atoms with Crippen LogP contribution in [0, 0.1) is 18.7 Å². The number of rotatable bonds is 3. The van der Waals surface area contributed by atoms with Gasteiger partial charge in [-0.3, -0.25) is 0 Å². The first-order chi connectivity index (χ1) is 6.68. The zero-order valence-corrected chi connectivity index (χ0v) is 8.68. The van der Waals surface area contributed by atoms with Crippen molar-refractivity contribution < 1.29 is 4.39 Å². The fourth-order valence-electron chi connectivity index (χ4n) is 1.76. The van der Waals surface area contributed by atoms with Gasteiger partial charge in [-0.2, -0.15) is 0 Å². The molecule has 1 atom stereocenters. The molecule has 0 heterocycles. The maximum absolute atomic E-state index is 13.4. The molecule has 14 heavy (non-hydrogen) atoms. The molecule has 1 aliphatic carbocycles. The summed E-state index contributed by atoms with van der Waals surface area (Å²) in [4.78, 5) is 0. The predicted molar refractivity (Wildman–Crippen MR) is 56.9 cm³/mol. The Hall–Kier alpha value is -1.05. The maximum Gasteiger partial charge on any atom is 0.146 e. The minimum atomic E-state index is -0.141. The number of aryl methyl sites for hydroxylation is 1. The lowest BCUT2D eigenvalue weighted by Gasteiger charge is -2.16. The van der Waals surface area contributed by atoms with Gasteiger partial charge in [-0.15, -0.1) is 0 Å². The number of hydrogen-bond donors (Lipinski definition) is 1. The van der Waals surface area contributed by atoms with E-state index >= 15 is 0 Å². The molecule has 0 saturated heterocycles. The highest BCUT2D eigenvalue weighted by Gasteiger charge is 2.28. The van der Waals surface area contributed by atoms with Gasteiger partial charge in [-0.05, 0) is 44.2 Å². The fourth-order valence-corrected chi connectivity index (χ4v) is 1.76. The van der Waals surface area contributed by atoms with E-state index in [-0.39, 0.29) is 5.82 Å². The van der Waals surface area contributed by atoms with Crippen molar-refractivity contribution in [1.29, 1.82) is 0 Å². The van der Waals surface area contributed by atoms with Gasteiger partial charge in [0.25, 0.3) is 0 Å². The Labute approximate surface area is 84.3 Å². The van der Waals surface area contributed by atoms with Gasteiger partial charge in [0, 0.05) is 6.04 Å². The number of anilines is 1. The van der Waals surface area contributed by atoms with Gasteiger partial charge in [0.1, 0.15) is 5.82 Å². The van der Waals surface area contributed by atoms with Gasteiger partial charge in [0.15, 0.2) is 0 Å². The zero-order chi connectivity index (χ0) is 10.1. The summed E-state index contributed by atoms with van der Waals surface area (Å²) in [5.74, 6) is 0.603. The minimum Gasteiger partial charge on any atom is -0.380 e. The standard InChI is InChI=1S/C12H16FN/c1-8-4-3-5-11(13)12(8)14-9(2)10-6-7-10/h3-5,9-10,14H,6-7H2,1-2H3. The SMILES string of the molecule is Cc1cccc(F)c1NC(C)C1CC1. The van der Waals surface area contributed by atoms with Crippen molar-refractivity contribution in [3.63, 3.8) is 0 Å². The molecule has 1 fully saturated rings. The van der Waals surface area contributed by atoms with Crippen LogP contribution in [0.1, 0.15) is 25.3 Å². The third-order valence-electron chi connectivity index (χ3n) is 2.92. The summed E-state index contributed by atoms with van der Waals surface area (Å²) in [6.07, 6.45) is 2.56. The average Bonchev–Trinajstić information content (AvgIpc) is 2.94. The van der Waals surface area contributed by atoms with Crippen LogP contribution < -0.4 is 5.32 Å². The van der Waals surface area contributed by atoms with Crippen molar-refractivity contribution in [2.45, 2.75) is 32.7 Å². The first kappa shape index (κ1) is 9.50. The van der Waals surface area contributed by atoms with Crippen LogP contribution in [0.2, 0.25) is 0 Å². The highest BCUT2D eigenvalue weighted by Crippen LogP contribution is 2.34. The van der Waals surface area contributed by atoms with E-state index in [1.54, 1.807) is 6.07 Å². The van der Waals surface area contributed by atoms with E-state index in [4.69, 9.17) is 0 Å². The molecule has 2 rings (SSSR count). The van der Waals surface area contributed by atoms with Crippen molar-refractivity contribution in [2.24, 2.45) is 5.92 Å². The molecule has 1 aromatic carbocycles. The summed E-state index contributed by atoms with van der Waals surface area (Å²) in [7, 11) is 0. The van der Waals surface area contributed by atoms with Gasteiger partial charge in [-0.1, -0.05) is 12.1 Å². The van der Waals surface area contributed by atoms with Crippen LogP contribution in [0.15, 0.2) is 18.2 Å². The van der Waals surface area contributed by atoms with Crippen LogP contribution in [0.25, 0.3) is 0 Å². The van der Waals surface area contributed by atoms with Crippen molar-refractivity contribution in [3.8, 4) is 0 Å². The first-order valence-corrected chi connectivity index (χ1v) is 5.20. The molecule has 0 amide bonds. The minimum absolute atomic E-state index is 0.141. The Bertz CT molecular complexity index is 311. The Kier molecular flexibility index (Phi) is 2.44. The maximum atomic E-state index is 13.4. The highest BCUT2D eigenvalue weighted by atomic mass is 19.1. The molecule has 2 heteroatoms. The van der Waals surface area contributed by atoms with Crippen molar-refractivity contribution in [1.82, 2.24) is 0 Å². The normalized spacial score (nSPS) is 17.9. The third-order valence-corrected chi connectivity index (χ3v) is 2.92. The zero-order valence-electron chi connectivity index (χ0n) is 8.68. The number of hydrogen-bond acceptors (Lipinski definition) is 1. The molecule has 1 aliphatic rings. The number of nitrogens with one attached hydrogen (secondary N) is 1. The van der Waals surface area contributed by atoms with Crippen LogP contribution in [0.4, 0.5) is 10.1 Å². The van der Waals surface area contributed by atoms with E-state index in [0.29, 0.717) is 11.7 Å². The Balaban J connectivity index is 2.14. The van der Waals surface area contributed by atoms with Crippen LogP contribution in [0.5, 0.6) is 0 Å². The molecular formula is C12H16FN. The van der Waals surface area contributed by atoms with Gasteiger partial charge in [0.05, 0.1) is 5.69 Å². The first-order valence-electron chi connectivity index (χ1n) is 5.20. The van der Waals surface area contributed by atoms with Gasteiger partial charge < -0.3 is 5.32 Å². The number of benzene rings is 1. The third kappa shape index (κ3) is 1.89. The van der Waals surface area contributed by atoms with Crippen LogP contribution >= 0.6 is 0 Å². The van der Waals surface area contributed by atoms with E-state index in [2.05, 4.69) is 12.2 Å². The lowest BCUT2D eigenvalue weighted by molar-refractivity contribution is 0.618. The molecule has 1 unspecified atom stereocenters. The molecule has 0 aliphatic heterocycles. The predicted octanol–water partition coefficient (Wildman–Crippen LogP) is 3.34. The summed E-state index contributed by atoms with van der Waals surface area (Å²) in [6, 6.07) is 5.59. The lowest BCUT2D eigenvalue weighted by Crippen LogP contribution is -2.18. The Morgan fingerprint density at radius 2 is 2.14 bits per heavy atom. The van der Waals surface area contributed by atoms with Gasteiger partial charge in [0.2, 0.25) is 0 Å². The molecule has 1 nitrogen and oxygen atoms in total. The van der Waals surface area contributed by atoms with Crippen LogP contribution in [-0.2, 0) is 0 Å². The lowest BCUT2D eigenvalue weighted by atomic mass is 10.1. The topological polar surface area (TPSA) is 12.0 Å². The number of para-hydroxylation sites is 1. The fraction of sp³-hybridized carbons (Fsp3) is 0.500. The molecular weight excluding hydrogens is 177 g/mol. The summed E-state index contributed by atoms with van der Waals surface area (Å²) < 4.78 is 13.4. The van der Waals surface area contributed by atoms with E-state index in [1.165, 1.54) is 18.9 Å². The van der Waals surface area contributed by atoms with E-state index in [0.717, 1.165) is 11.5 Å². The average molecular weight is 193 g/mol. The summed E-state index contributed by atoms with van der Waals surface area (Å²) in [6.45, 7) is 4.06. The van der Waals surface area contributed by atoms with Gasteiger partial charge >= 0.3 is 0 Å². The van der Waals surface area contributed by atoms with E-state index in [1.807, 2.05) is 13.0 Å². The van der Waals surface area contributed by atoms with E-state index < -0.39 is 0 Å². The quantitative estimate of drug-likeness (QED) is 0.776.